The van der Waals surface area contributed by atoms with Gasteiger partial charge >= 0.3 is 6.03 Å². The summed E-state index contributed by atoms with van der Waals surface area (Å²) in [6.07, 6.45) is 8.14. The Hall–Kier alpha value is -2.18. The number of hydrogen-bond donors (Lipinski definition) is 2. The highest BCUT2D eigenvalue weighted by atomic mass is 19.1. The zero-order chi connectivity index (χ0) is 19.3. The number of hydrogen-bond acceptors (Lipinski definition) is 2. The second-order valence-corrected chi connectivity index (χ2v) is 7.55. The first kappa shape index (κ1) is 19.6. The summed E-state index contributed by atoms with van der Waals surface area (Å²) in [5.74, 6) is -1.58. The summed E-state index contributed by atoms with van der Waals surface area (Å²) >= 11 is 0. The molecule has 3 rings (SSSR count). The van der Waals surface area contributed by atoms with Crippen molar-refractivity contribution in [2.24, 2.45) is 0 Å². The van der Waals surface area contributed by atoms with Crippen LogP contribution in [0.15, 0.2) is 18.2 Å². The molecule has 0 aromatic heterocycles. The van der Waals surface area contributed by atoms with E-state index in [0.29, 0.717) is 18.9 Å². The zero-order valence-corrected chi connectivity index (χ0v) is 15.5. The second-order valence-electron chi connectivity index (χ2n) is 7.55. The molecule has 0 bridgehead atoms. The Bertz CT molecular complexity index is 682. The second kappa shape index (κ2) is 8.67. The number of urea groups is 1. The molecule has 2 N–H and O–H groups in total. The van der Waals surface area contributed by atoms with Gasteiger partial charge in [0.2, 0.25) is 5.91 Å². The van der Waals surface area contributed by atoms with E-state index < -0.39 is 23.2 Å². The minimum Gasteiger partial charge on any atom is -0.341 e. The Morgan fingerprint density at radius 1 is 0.926 bits per heavy atom. The molecule has 7 heteroatoms. The molecule has 1 aliphatic carbocycles. The summed E-state index contributed by atoms with van der Waals surface area (Å²) in [5.41, 5.74) is -1.05. The van der Waals surface area contributed by atoms with E-state index in [-0.39, 0.29) is 11.6 Å². The number of benzene rings is 1. The normalized spacial score (nSPS) is 19.9. The van der Waals surface area contributed by atoms with Gasteiger partial charge in [-0.3, -0.25) is 4.79 Å². The van der Waals surface area contributed by atoms with E-state index in [1.54, 1.807) is 0 Å². The predicted molar refractivity (Wildman–Crippen MR) is 99.4 cm³/mol. The smallest absolute Gasteiger partial charge is 0.320 e. The van der Waals surface area contributed by atoms with Crippen LogP contribution in [0.5, 0.6) is 0 Å². The molecular formula is C20H27F2N3O2. The van der Waals surface area contributed by atoms with Gasteiger partial charge in [-0.2, -0.15) is 0 Å². The Kier molecular flexibility index (Phi) is 6.29. The van der Waals surface area contributed by atoms with Gasteiger partial charge in [-0.15, -0.1) is 0 Å². The van der Waals surface area contributed by atoms with Crippen LogP contribution in [0.25, 0.3) is 0 Å². The molecule has 1 aromatic rings. The van der Waals surface area contributed by atoms with Crippen LogP contribution in [0.1, 0.15) is 57.8 Å². The fourth-order valence-corrected chi connectivity index (χ4v) is 4.09. The number of anilines is 1. The molecule has 0 spiro atoms. The third kappa shape index (κ3) is 4.76. The van der Waals surface area contributed by atoms with E-state index in [4.69, 9.17) is 0 Å². The van der Waals surface area contributed by atoms with E-state index in [1.165, 1.54) is 6.07 Å². The van der Waals surface area contributed by atoms with Gasteiger partial charge in [-0.1, -0.05) is 32.1 Å². The van der Waals surface area contributed by atoms with Gasteiger partial charge in [-0.05, 0) is 37.8 Å². The topological polar surface area (TPSA) is 61.4 Å². The quantitative estimate of drug-likeness (QED) is 0.827. The summed E-state index contributed by atoms with van der Waals surface area (Å²) in [6.45, 7) is 1.44. The minimum absolute atomic E-state index is 0.0289. The Labute approximate surface area is 158 Å². The first-order valence-electron chi connectivity index (χ1n) is 9.84. The molecule has 0 atom stereocenters. The highest BCUT2D eigenvalue weighted by molar-refractivity contribution is 5.96. The van der Waals surface area contributed by atoms with Crippen molar-refractivity contribution < 1.29 is 18.4 Å². The molecule has 1 saturated carbocycles. The number of rotatable bonds is 3. The number of carbonyl (C=O) groups excluding carboxylic acids is 2. The molecule has 0 unspecified atom stereocenters. The predicted octanol–water partition coefficient (Wildman–Crippen LogP) is 4.19. The lowest BCUT2D eigenvalue weighted by Gasteiger charge is -2.40. The summed E-state index contributed by atoms with van der Waals surface area (Å²) < 4.78 is 26.9. The Balaban J connectivity index is 1.73. The third-order valence-corrected chi connectivity index (χ3v) is 5.54. The highest BCUT2D eigenvalue weighted by Crippen LogP contribution is 2.31. The van der Waals surface area contributed by atoms with Gasteiger partial charge in [0.15, 0.2) is 0 Å². The maximum atomic E-state index is 13.8. The van der Waals surface area contributed by atoms with Crippen molar-refractivity contribution in [3.63, 3.8) is 0 Å². The lowest BCUT2D eigenvalue weighted by molar-refractivity contribution is -0.139. The van der Waals surface area contributed by atoms with Gasteiger partial charge in [0, 0.05) is 19.2 Å². The van der Waals surface area contributed by atoms with E-state index >= 15 is 0 Å². The van der Waals surface area contributed by atoms with Crippen LogP contribution in [-0.4, -0.2) is 35.5 Å². The highest BCUT2D eigenvalue weighted by Gasteiger charge is 2.43. The van der Waals surface area contributed by atoms with E-state index in [2.05, 4.69) is 10.6 Å². The average Bonchev–Trinajstić information content (AvgIpc) is 2.93. The molecular weight excluding hydrogens is 352 g/mol. The van der Waals surface area contributed by atoms with Gasteiger partial charge < -0.3 is 15.5 Å². The minimum atomic E-state index is -0.941. The monoisotopic (exact) mass is 379 g/mol. The fraction of sp³-hybridized carbons (Fsp3) is 0.600. The number of halogens is 2. The summed E-state index contributed by atoms with van der Waals surface area (Å²) in [5, 5.41) is 5.26. The van der Waals surface area contributed by atoms with E-state index in [0.717, 1.165) is 64.1 Å². The number of nitrogens with zero attached hydrogens (tertiary/aromatic N) is 1. The maximum Gasteiger partial charge on any atom is 0.320 e. The van der Waals surface area contributed by atoms with Crippen LogP contribution in [0.2, 0.25) is 0 Å². The molecule has 1 aromatic carbocycles. The molecule has 2 aliphatic rings. The Morgan fingerprint density at radius 2 is 1.56 bits per heavy atom. The molecule has 27 heavy (non-hydrogen) atoms. The lowest BCUT2D eigenvalue weighted by atomic mass is 9.80. The number of likely N-dealkylation sites (tertiary alicyclic amines) is 1. The number of amides is 3. The van der Waals surface area contributed by atoms with Crippen molar-refractivity contribution in [1.82, 2.24) is 10.2 Å². The standard InChI is InChI=1S/C20H27F2N3O2/c21-15-8-9-17(16(22)14-15)23-19(27)24-20(10-4-3-5-11-20)18(26)25-12-6-1-2-7-13-25/h8-9,14H,1-7,10-13H2,(H2,23,24,27). The fourth-order valence-electron chi connectivity index (χ4n) is 4.09. The number of nitrogens with one attached hydrogen (secondary N) is 2. The van der Waals surface area contributed by atoms with Crippen LogP contribution < -0.4 is 10.6 Å². The van der Waals surface area contributed by atoms with Crippen molar-refractivity contribution in [3.05, 3.63) is 29.8 Å². The first-order valence-corrected chi connectivity index (χ1v) is 9.84. The first-order chi connectivity index (χ1) is 13.0. The van der Waals surface area contributed by atoms with Crippen LogP contribution in [0.4, 0.5) is 19.3 Å². The average molecular weight is 379 g/mol. The number of carbonyl (C=O) groups is 2. The van der Waals surface area contributed by atoms with E-state index in [1.807, 2.05) is 4.90 Å². The maximum absolute atomic E-state index is 13.8. The SMILES string of the molecule is O=C(Nc1ccc(F)cc1F)NC1(C(=O)N2CCCCCC2)CCCCC1. The van der Waals surface area contributed by atoms with E-state index in [9.17, 15) is 18.4 Å². The largest absolute Gasteiger partial charge is 0.341 e. The molecule has 1 aliphatic heterocycles. The van der Waals surface area contributed by atoms with Crippen LogP contribution in [0.3, 0.4) is 0 Å². The molecule has 3 amide bonds. The lowest BCUT2D eigenvalue weighted by Crippen LogP contribution is -2.61. The summed E-state index contributed by atoms with van der Waals surface area (Å²) in [6, 6.07) is 2.34. The van der Waals surface area contributed by atoms with Crippen LogP contribution in [0, 0.1) is 11.6 Å². The van der Waals surface area contributed by atoms with Gasteiger partial charge in [0.05, 0.1) is 5.69 Å². The van der Waals surface area contributed by atoms with Crippen molar-refractivity contribution in [1.29, 1.82) is 0 Å². The van der Waals surface area contributed by atoms with Crippen molar-refractivity contribution in [3.8, 4) is 0 Å². The van der Waals surface area contributed by atoms with Crippen molar-refractivity contribution in [2.75, 3.05) is 18.4 Å². The molecule has 1 saturated heterocycles. The van der Waals surface area contributed by atoms with Gasteiger partial charge in [-0.25, -0.2) is 13.6 Å². The molecule has 0 radical (unpaired) electrons. The molecule has 5 nitrogen and oxygen atoms in total. The van der Waals surface area contributed by atoms with Gasteiger partial charge in [0.25, 0.3) is 0 Å². The molecule has 2 fully saturated rings. The van der Waals surface area contributed by atoms with Crippen LogP contribution >= 0.6 is 0 Å². The molecule has 148 valence electrons. The zero-order valence-electron chi connectivity index (χ0n) is 15.5. The Morgan fingerprint density at radius 3 is 2.19 bits per heavy atom. The molecule has 1 heterocycles. The summed E-state index contributed by atoms with van der Waals surface area (Å²) in [4.78, 5) is 27.7. The van der Waals surface area contributed by atoms with Gasteiger partial charge in [0.1, 0.15) is 17.2 Å². The summed E-state index contributed by atoms with van der Waals surface area (Å²) in [7, 11) is 0. The van der Waals surface area contributed by atoms with Crippen LogP contribution in [-0.2, 0) is 4.79 Å². The third-order valence-electron chi connectivity index (χ3n) is 5.54. The van der Waals surface area contributed by atoms with Crippen molar-refractivity contribution >= 4 is 17.6 Å². The van der Waals surface area contributed by atoms with Crippen molar-refractivity contribution in [2.45, 2.75) is 63.3 Å².